The molecule has 3 N–H and O–H groups in total. The van der Waals surface area contributed by atoms with E-state index in [2.05, 4.69) is 5.10 Å². The summed E-state index contributed by atoms with van der Waals surface area (Å²) >= 11 is 0. The highest BCUT2D eigenvalue weighted by Crippen LogP contribution is 2.30. The number of hydrogen-bond acceptors (Lipinski definition) is 6. The normalized spacial score (nSPS) is 15.4. The van der Waals surface area contributed by atoms with Crippen molar-refractivity contribution in [3.63, 3.8) is 0 Å². The predicted molar refractivity (Wildman–Crippen MR) is 129 cm³/mol. The van der Waals surface area contributed by atoms with Crippen LogP contribution >= 0.6 is 0 Å². The molecule has 3 aromatic rings. The van der Waals surface area contributed by atoms with Gasteiger partial charge in [-0.2, -0.15) is 5.10 Å². The summed E-state index contributed by atoms with van der Waals surface area (Å²) in [5.41, 5.74) is 8.33. The number of aliphatic hydroxyl groups excluding tert-OH is 1. The first-order valence-corrected chi connectivity index (χ1v) is 12.8. The summed E-state index contributed by atoms with van der Waals surface area (Å²) in [5.74, 6) is 0.915. The lowest BCUT2D eigenvalue weighted by Crippen LogP contribution is -2.34. The van der Waals surface area contributed by atoms with Gasteiger partial charge in [-0.25, -0.2) is 8.42 Å². The van der Waals surface area contributed by atoms with E-state index >= 15 is 0 Å². The molecule has 0 unspecified atom stereocenters. The number of aromatic nitrogens is 2. The molecule has 0 bridgehead atoms. The summed E-state index contributed by atoms with van der Waals surface area (Å²) in [6, 6.07) is 12.0. The number of rotatable bonds is 8. The fourth-order valence-electron chi connectivity index (χ4n) is 4.23. The van der Waals surface area contributed by atoms with E-state index in [4.69, 9.17) is 10.5 Å². The molecule has 1 fully saturated rings. The van der Waals surface area contributed by atoms with Crippen LogP contribution in [0.1, 0.15) is 32.3 Å². The number of nitrogen functional groups attached to an aromatic ring is 1. The van der Waals surface area contributed by atoms with E-state index in [0.29, 0.717) is 29.4 Å². The Labute approximate surface area is 195 Å². The van der Waals surface area contributed by atoms with E-state index in [1.54, 1.807) is 42.5 Å². The van der Waals surface area contributed by atoms with Gasteiger partial charge in [-0.1, -0.05) is 26.0 Å². The lowest BCUT2D eigenvalue weighted by molar-refractivity contribution is 0.0606. The second-order valence-corrected chi connectivity index (χ2v) is 10.9. The van der Waals surface area contributed by atoms with Gasteiger partial charge in [0.2, 0.25) is 0 Å². The van der Waals surface area contributed by atoms with Gasteiger partial charge in [0.25, 0.3) is 10.0 Å². The summed E-state index contributed by atoms with van der Waals surface area (Å²) < 4.78 is 36.1. The van der Waals surface area contributed by atoms with E-state index in [1.807, 2.05) is 18.5 Å². The van der Waals surface area contributed by atoms with Gasteiger partial charge >= 0.3 is 0 Å². The van der Waals surface area contributed by atoms with Crippen molar-refractivity contribution in [2.75, 3.05) is 29.8 Å². The van der Waals surface area contributed by atoms with E-state index in [9.17, 15) is 13.5 Å². The van der Waals surface area contributed by atoms with Crippen LogP contribution in [0.25, 0.3) is 10.9 Å². The second kappa shape index (κ2) is 9.70. The zero-order valence-corrected chi connectivity index (χ0v) is 20.0. The molecule has 0 radical (unpaired) electrons. The minimum Gasteiger partial charge on any atom is -0.392 e. The van der Waals surface area contributed by atoms with Crippen molar-refractivity contribution in [1.82, 2.24) is 9.78 Å². The van der Waals surface area contributed by atoms with Gasteiger partial charge in [0.15, 0.2) is 5.82 Å². The first-order chi connectivity index (χ1) is 15.8. The topological polar surface area (TPSA) is 111 Å². The Morgan fingerprint density at radius 2 is 1.88 bits per heavy atom. The van der Waals surface area contributed by atoms with Gasteiger partial charge in [-0.05, 0) is 60.6 Å². The van der Waals surface area contributed by atoms with Crippen LogP contribution in [-0.2, 0) is 27.9 Å². The third kappa shape index (κ3) is 5.00. The Morgan fingerprint density at radius 1 is 1.18 bits per heavy atom. The lowest BCUT2D eigenvalue weighted by Gasteiger charge is -2.26. The molecule has 1 aliphatic rings. The lowest BCUT2D eigenvalue weighted by atomic mass is 10.0. The van der Waals surface area contributed by atoms with Gasteiger partial charge in [-0.15, -0.1) is 0 Å². The molecule has 2 heterocycles. The van der Waals surface area contributed by atoms with Crippen LogP contribution in [0.4, 0.5) is 11.5 Å². The van der Waals surface area contributed by atoms with E-state index < -0.39 is 10.0 Å². The summed E-state index contributed by atoms with van der Waals surface area (Å²) in [4.78, 5) is 0.180. The molecule has 0 saturated carbocycles. The number of nitrogens with zero attached hydrogens (tertiary/aromatic N) is 3. The highest BCUT2D eigenvalue weighted by Gasteiger charge is 2.27. The summed E-state index contributed by atoms with van der Waals surface area (Å²) in [5, 5.41) is 14.5. The predicted octanol–water partition coefficient (Wildman–Crippen LogP) is 3.39. The van der Waals surface area contributed by atoms with E-state index in [-0.39, 0.29) is 17.4 Å². The number of ether oxygens (including phenoxy) is 1. The Morgan fingerprint density at radius 3 is 2.52 bits per heavy atom. The van der Waals surface area contributed by atoms with Crippen LogP contribution < -0.4 is 10.0 Å². The monoisotopic (exact) mass is 472 g/mol. The third-order valence-electron chi connectivity index (χ3n) is 6.05. The summed E-state index contributed by atoms with van der Waals surface area (Å²) in [7, 11) is -3.83. The number of anilines is 2. The first-order valence-electron chi connectivity index (χ1n) is 11.4. The molecule has 1 saturated heterocycles. The van der Waals surface area contributed by atoms with Crippen LogP contribution in [0, 0.1) is 11.8 Å². The maximum absolute atomic E-state index is 13.7. The molecular formula is C24H32N4O4S. The molecule has 0 atom stereocenters. The van der Waals surface area contributed by atoms with Crippen molar-refractivity contribution in [3.8, 4) is 0 Å². The standard InChI is InChI=1S/C24H32N4O4S/c1-17(2)14-28(20-5-3-19(16-29)4-6-20)33(30,31)21-7-8-23-22(13-21)24(25)26-27(23)15-18-9-11-32-12-10-18/h3-8,13,17-18,29H,9-12,14-16H2,1-2H3,(H2,25,26). The smallest absolute Gasteiger partial charge is 0.264 e. The maximum atomic E-state index is 13.7. The molecule has 33 heavy (non-hydrogen) atoms. The fourth-order valence-corrected chi connectivity index (χ4v) is 5.88. The van der Waals surface area contributed by atoms with Crippen molar-refractivity contribution < 1.29 is 18.3 Å². The molecule has 1 aromatic heterocycles. The zero-order chi connectivity index (χ0) is 23.6. The van der Waals surface area contributed by atoms with Crippen molar-refractivity contribution in [2.24, 2.45) is 11.8 Å². The number of nitrogens with two attached hydrogens (primary N) is 1. The van der Waals surface area contributed by atoms with Crippen LogP contribution in [-0.4, -0.2) is 43.1 Å². The molecule has 4 rings (SSSR count). The average molecular weight is 473 g/mol. The van der Waals surface area contributed by atoms with Crippen LogP contribution in [0.15, 0.2) is 47.4 Å². The molecule has 0 spiro atoms. The van der Waals surface area contributed by atoms with Crippen molar-refractivity contribution in [1.29, 1.82) is 0 Å². The summed E-state index contributed by atoms with van der Waals surface area (Å²) in [6.07, 6.45) is 1.96. The van der Waals surface area contributed by atoms with Crippen molar-refractivity contribution in [2.45, 2.75) is 44.7 Å². The van der Waals surface area contributed by atoms with Gasteiger partial charge in [0, 0.05) is 31.7 Å². The first kappa shape index (κ1) is 23.5. The molecular weight excluding hydrogens is 440 g/mol. The molecule has 178 valence electrons. The minimum absolute atomic E-state index is 0.0922. The van der Waals surface area contributed by atoms with E-state index in [1.165, 1.54) is 4.31 Å². The molecule has 0 aliphatic carbocycles. The summed E-state index contributed by atoms with van der Waals surface area (Å²) in [6.45, 7) is 6.44. The van der Waals surface area contributed by atoms with Gasteiger partial charge < -0.3 is 15.6 Å². The van der Waals surface area contributed by atoms with Crippen LogP contribution in [0.2, 0.25) is 0 Å². The molecule has 9 heteroatoms. The number of benzene rings is 2. The average Bonchev–Trinajstić information content (AvgIpc) is 3.12. The van der Waals surface area contributed by atoms with E-state index in [0.717, 1.165) is 43.7 Å². The number of hydrogen-bond donors (Lipinski definition) is 2. The Hall–Kier alpha value is -2.62. The molecule has 8 nitrogen and oxygen atoms in total. The minimum atomic E-state index is -3.83. The second-order valence-electron chi connectivity index (χ2n) is 9.06. The molecule has 2 aromatic carbocycles. The Kier molecular flexibility index (Phi) is 6.92. The highest BCUT2D eigenvalue weighted by atomic mass is 32.2. The quantitative estimate of drug-likeness (QED) is 0.520. The van der Waals surface area contributed by atoms with Crippen molar-refractivity contribution in [3.05, 3.63) is 48.0 Å². The van der Waals surface area contributed by atoms with Crippen LogP contribution in [0.5, 0.6) is 0 Å². The van der Waals surface area contributed by atoms with Crippen LogP contribution in [0.3, 0.4) is 0 Å². The molecule has 0 amide bonds. The van der Waals surface area contributed by atoms with Crippen molar-refractivity contribution >= 4 is 32.4 Å². The third-order valence-corrected chi connectivity index (χ3v) is 7.84. The van der Waals surface area contributed by atoms with Gasteiger partial charge in [0.05, 0.1) is 22.7 Å². The maximum Gasteiger partial charge on any atom is 0.264 e. The number of sulfonamides is 1. The number of aliphatic hydroxyl groups is 1. The number of fused-ring (bicyclic) bond motifs is 1. The van der Waals surface area contributed by atoms with Gasteiger partial charge in [-0.3, -0.25) is 8.99 Å². The highest BCUT2D eigenvalue weighted by molar-refractivity contribution is 7.92. The van der Waals surface area contributed by atoms with Gasteiger partial charge in [0.1, 0.15) is 0 Å². The SMILES string of the molecule is CC(C)CN(c1ccc(CO)cc1)S(=O)(=O)c1ccc2c(c1)c(N)nn2CC1CCOCC1. The molecule has 1 aliphatic heterocycles. The fraction of sp³-hybridized carbons (Fsp3) is 0.458. The largest absolute Gasteiger partial charge is 0.392 e. The Bertz CT molecular complexity index is 1200. The Balaban J connectivity index is 1.69. The zero-order valence-electron chi connectivity index (χ0n) is 19.1.